The van der Waals surface area contributed by atoms with Crippen molar-refractivity contribution < 1.29 is 13.9 Å². The second-order valence-electron chi connectivity index (χ2n) is 6.65. The van der Waals surface area contributed by atoms with Crippen LogP contribution in [-0.2, 0) is 6.61 Å². The largest absolute Gasteiger partial charge is 0.496 e. The van der Waals surface area contributed by atoms with Crippen LogP contribution in [0.4, 0.5) is 0 Å². The molecule has 0 N–H and O–H groups in total. The van der Waals surface area contributed by atoms with Gasteiger partial charge in [0.2, 0.25) is 4.96 Å². The Balaban J connectivity index is 1.54. The highest BCUT2D eigenvalue weighted by atomic mass is 32.1. The van der Waals surface area contributed by atoms with Gasteiger partial charge in [0.25, 0.3) is 0 Å². The molecule has 0 amide bonds. The van der Waals surface area contributed by atoms with Crippen LogP contribution in [0.25, 0.3) is 27.4 Å². The van der Waals surface area contributed by atoms with Crippen LogP contribution in [0, 0.1) is 20.8 Å². The number of thiazole rings is 1. The molecule has 0 unspecified atom stereocenters. The molecule has 29 heavy (non-hydrogen) atoms. The zero-order valence-corrected chi connectivity index (χ0v) is 18.0. The van der Waals surface area contributed by atoms with Gasteiger partial charge in [0, 0.05) is 17.0 Å². The number of methoxy groups -OCH3 is 1. The predicted octanol–water partition coefficient (Wildman–Crippen LogP) is 5.17. The van der Waals surface area contributed by atoms with Crippen molar-refractivity contribution in [1.82, 2.24) is 19.6 Å². The third kappa shape index (κ3) is 3.26. The molecule has 148 valence electrons. The highest BCUT2D eigenvalue weighted by Gasteiger charge is 2.17. The summed E-state index contributed by atoms with van der Waals surface area (Å²) in [6, 6.07) is 5.67. The van der Waals surface area contributed by atoms with Crippen molar-refractivity contribution in [3.63, 3.8) is 0 Å². The van der Waals surface area contributed by atoms with Crippen molar-refractivity contribution in [3.8, 4) is 23.0 Å². The van der Waals surface area contributed by atoms with Crippen molar-refractivity contribution in [2.45, 2.75) is 27.4 Å². The molecule has 7 nitrogen and oxygen atoms in total. The number of aryl methyl sites for hydroxylation is 3. The molecule has 9 heteroatoms. The fourth-order valence-corrected chi connectivity index (χ4v) is 4.76. The van der Waals surface area contributed by atoms with E-state index >= 15 is 0 Å². The summed E-state index contributed by atoms with van der Waals surface area (Å²) in [6.07, 6.45) is 1.87. The van der Waals surface area contributed by atoms with Gasteiger partial charge in [0.15, 0.2) is 5.76 Å². The Kier molecular flexibility index (Phi) is 4.29. The lowest BCUT2D eigenvalue weighted by Crippen LogP contribution is -1.98. The van der Waals surface area contributed by atoms with Crippen LogP contribution in [0.3, 0.4) is 0 Å². The van der Waals surface area contributed by atoms with Crippen LogP contribution >= 0.6 is 22.7 Å². The lowest BCUT2D eigenvalue weighted by atomic mass is 10.2. The Labute approximate surface area is 174 Å². The molecule has 0 atom stereocenters. The first-order chi connectivity index (χ1) is 14.0. The summed E-state index contributed by atoms with van der Waals surface area (Å²) in [5.74, 6) is 2.02. The molecule has 0 aliphatic rings. The molecular weight excluding hydrogens is 408 g/mol. The van der Waals surface area contributed by atoms with E-state index < -0.39 is 0 Å². The lowest BCUT2D eigenvalue weighted by molar-refractivity contribution is 0.302. The third-order valence-electron chi connectivity index (χ3n) is 4.57. The minimum Gasteiger partial charge on any atom is -0.496 e. The summed E-state index contributed by atoms with van der Waals surface area (Å²) in [4.78, 5) is 11.2. The van der Waals surface area contributed by atoms with E-state index in [1.54, 1.807) is 34.3 Å². The molecule has 0 saturated heterocycles. The zero-order chi connectivity index (χ0) is 20.1. The van der Waals surface area contributed by atoms with Gasteiger partial charge in [-0.2, -0.15) is 5.10 Å². The van der Waals surface area contributed by atoms with Gasteiger partial charge < -0.3 is 13.9 Å². The molecule has 5 rings (SSSR count). The second-order valence-corrected chi connectivity index (χ2v) is 9.21. The maximum absolute atomic E-state index is 6.12. The number of imidazole rings is 1. The average Bonchev–Trinajstić information content (AvgIpc) is 3.41. The fraction of sp³-hybridized carbons (Fsp3) is 0.250. The van der Waals surface area contributed by atoms with Crippen molar-refractivity contribution in [1.29, 1.82) is 0 Å². The summed E-state index contributed by atoms with van der Waals surface area (Å²) in [7, 11) is 1.63. The molecule has 0 aliphatic carbocycles. The lowest BCUT2D eigenvalue weighted by Gasteiger charge is -2.08. The Bertz CT molecular complexity index is 1310. The molecule has 5 aromatic rings. The first-order valence-electron chi connectivity index (χ1n) is 9.00. The third-order valence-corrected chi connectivity index (χ3v) is 6.34. The zero-order valence-electron chi connectivity index (χ0n) is 16.3. The number of fused-ring (bicyclic) bond motifs is 2. The number of hydrogen-bond acceptors (Lipinski definition) is 8. The van der Waals surface area contributed by atoms with Crippen molar-refractivity contribution in [2.75, 3.05) is 7.11 Å². The minimum absolute atomic E-state index is 0.391. The summed E-state index contributed by atoms with van der Waals surface area (Å²) in [6.45, 7) is 6.41. The summed E-state index contributed by atoms with van der Waals surface area (Å²) < 4.78 is 19.4. The molecule has 4 heterocycles. The molecule has 0 saturated carbocycles. The molecule has 0 bridgehead atoms. The van der Waals surface area contributed by atoms with Crippen molar-refractivity contribution in [2.24, 2.45) is 0 Å². The Morgan fingerprint density at radius 3 is 2.66 bits per heavy atom. The maximum Gasteiger partial charge on any atom is 0.212 e. The van der Waals surface area contributed by atoms with Gasteiger partial charge in [-0.05, 0) is 26.8 Å². The van der Waals surface area contributed by atoms with Crippen LogP contribution in [-0.4, -0.2) is 26.7 Å². The summed E-state index contributed by atoms with van der Waals surface area (Å²) in [5, 5.41) is 7.28. The molecule has 0 fully saturated rings. The summed E-state index contributed by atoms with van der Waals surface area (Å²) >= 11 is 3.21. The monoisotopic (exact) mass is 426 g/mol. The summed E-state index contributed by atoms with van der Waals surface area (Å²) in [5.41, 5.74) is 2.36. The van der Waals surface area contributed by atoms with E-state index in [-0.39, 0.29) is 0 Å². The quantitative estimate of drug-likeness (QED) is 0.386. The molecule has 0 radical (unpaired) electrons. The predicted molar refractivity (Wildman–Crippen MR) is 113 cm³/mol. The number of aromatic nitrogens is 4. The Morgan fingerprint density at radius 1 is 1.07 bits per heavy atom. The molecule has 4 aromatic heterocycles. The highest BCUT2D eigenvalue weighted by Crippen LogP contribution is 2.37. The SMILES string of the molecule is COc1cc(OCc2nc(C)sc2C)c2cc(-c3cn4nc(C)sc4n3)oc2c1. The smallest absolute Gasteiger partial charge is 0.212 e. The minimum atomic E-state index is 0.391. The van der Waals surface area contributed by atoms with E-state index in [1.807, 2.05) is 38.2 Å². The van der Waals surface area contributed by atoms with E-state index in [2.05, 4.69) is 22.0 Å². The molecular formula is C20H18N4O3S2. The number of nitrogens with zero attached hydrogens (tertiary/aromatic N) is 4. The number of ether oxygens (including phenoxy) is 2. The van der Waals surface area contributed by atoms with E-state index in [0.717, 1.165) is 36.6 Å². The second kappa shape index (κ2) is 6.85. The van der Waals surface area contributed by atoms with E-state index in [0.29, 0.717) is 29.4 Å². The maximum atomic E-state index is 6.12. The number of furan rings is 1. The van der Waals surface area contributed by atoms with Crippen LogP contribution in [0.15, 0.2) is 28.8 Å². The first kappa shape index (κ1) is 18.1. The topological polar surface area (TPSA) is 74.7 Å². The van der Waals surface area contributed by atoms with Crippen LogP contribution in [0.5, 0.6) is 11.5 Å². The van der Waals surface area contributed by atoms with Gasteiger partial charge in [-0.25, -0.2) is 14.5 Å². The standard InChI is InChI=1S/C20H18N4O3S2/c1-10-16(21-11(2)28-10)9-26-17-5-13(25-4)6-18-14(17)7-19(27-18)15-8-24-20(22-15)29-12(3)23-24/h5-8H,9H2,1-4H3. The first-order valence-corrected chi connectivity index (χ1v) is 10.6. The number of benzene rings is 1. The van der Waals surface area contributed by atoms with E-state index in [4.69, 9.17) is 13.9 Å². The van der Waals surface area contributed by atoms with E-state index in [1.165, 1.54) is 0 Å². The molecule has 1 aromatic carbocycles. The molecule has 0 aliphatic heterocycles. The normalized spacial score (nSPS) is 11.6. The van der Waals surface area contributed by atoms with Gasteiger partial charge in [-0.1, -0.05) is 11.3 Å². The van der Waals surface area contributed by atoms with Crippen LogP contribution in [0.2, 0.25) is 0 Å². The fourth-order valence-electron chi connectivity index (χ4n) is 3.22. The van der Waals surface area contributed by atoms with Gasteiger partial charge in [-0.15, -0.1) is 11.3 Å². The molecule has 0 spiro atoms. The van der Waals surface area contributed by atoms with Gasteiger partial charge in [0.05, 0.1) is 29.4 Å². The number of rotatable bonds is 5. The van der Waals surface area contributed by atoms with Crippen LogP contribution < -0.4 is 9.47 Å². The highest BCUT2D eigenvalue weighted by molar-refractivity contribution is 7.16. The van der Waals surface area contributed by atoms with Gasteiger partial charge in [-0.3, -0.25) is 0 Å². The Morgan fingerprint density at radius 2 is 1.93 bits per heavy atom. The van der Waals surface area contributed by atoms with Crippen molar-refractivity contribution in [3.05, 3.63) is 45.0 Å². The number of hydrogen-bond donors (Lipinski definition) is 0. The van der Waals surface area contributed by atoms with E-state index in [9.17, 15) is 0 Å². The average molecular weight is 427 g/mol. The van der Waals surface area contributed by atoms with Gasteiger partial charge in [0.1, 0.15) is 34.4 Å². The van der Waals surface area contributed by atoms with Crippen molar-refractivity contribution >= 4 is 38.6 Å². The van der Waals surface area contributed by atoms with Gasteiger partial charge >= 0.3 is 0 Å². The van der Waals surface area contributed by atoms with Crippen LogP contribution in [0.1, 0.15) is 20.6 Å². The Hall–Kier alpha value is -2.91.